The second-order valence-electron chi connectivity index (χ2n) is 3.64. The molecule has 0 spiro atoms. The van der Waals surface area contributed by atoms with Gasteiger partial charge in [0, 0.05) is 0 Å². The number of hydrogen-bond donors (Lipinski definition) is 4. The van der Waals surface area contributed by atoms with E-state index < -0.39 is 6.29 Å². The number of hydrogen-bond acceptors (Lipinski definition) is 7. The molecule has 0 amide bonds. The fraction of sp³-hybridized carbons (Fsp3) is 0.273. The minimum absolute atomic E-state index is 0.0516. The number of methoxy groups -OCH3 is 1. The van der Waals surface area contributed by atoms with E-state index in [1.807, 2.05) is 0 Å². The van der Waals surface area contributed by atoms with Crippen LogP contribution in [0.2, 0.25) is 0 Å². The van der Waals surface area contributed by atoms with Crippen molar-refractivity contribution < 1.29 is 20.1 Å². The molecule has 1 aromatic heterocycles. The quantitative estimate of drug-likeness (QED) is 0.469. The first-order valence-corrected chi connectivity index (χ1v) is 6.37. The van der Waals surface area contributed by atoms with E-state index in [2.05, 4.69) is 15.2 Å². The Kier molecular flexibility index (Phi) is 4.25. The number of thioether (sulfide) groups is 1. The number of aliphatic hydroxyl groups excluding tert-OH is 1. The Morgan fingerprint density at radius 3 is 2.89 bits per heavy atom. The molecule has 0 aliphatic rings. The van der Waals surface area contributed by atoms with Crippen LogP contribution < -0.4 is 4.74 Å². The van der Waals surface area contributed by atoms with Gasteiger partial charge in [-0.25, -0.2) is 4.98 Å². The van der Waals surface area contributed by atoms with E-state index in [0.29, 0.717) is 22.3 Å². The number of phenols is 1. The zero-order valence-electron chi connectivity index (χ0n) is 10.1. The van der Waals surface area contributed by atoms with E-state index in [9.17, 15) is 5.11 Å². The van der Waals surface area contributed by atoms with Crippen LogP contribution in [0.5, 0.6) is 11.5 Å². The van der Waals surface area contributed by atoms with Gasteiger partial charge in [-0.15, -0.1) is 5.10 Å². The summed E-state index contributed by atoms with van der Waals surface area (Å²) in [6.07, 6.45) is -1.42. The van der Waals surface area contributed by atoms with Crippen LogP contribution in [-0.4, -0.2) is 49.7 Å². The number of benzene rings is 1. The average molecular weight is 283 g/mol. The third-order valence-corrected chi connectivity index (χ3v) is 3.19. The molecule has 0 fully saturated rings. The highest BCUT2D eigenvalue weighted by molar-refractivity contribution is 7.99. The maximum atomic E-state index is 9.78. The van der Waals surface area contributed by atoms with Crippen molar-refractivity contribution in [1.82, 2.24) is 15.2 Å². The van der Waals surface area contributed by atoms with E-state index in [1.54, 1.807) is 12.1 Å². The summed E-state index contributed by atoms with van der Waals surface area (Å²) in [4.78, 5) is 4.15. The molecule has 4 N–H and O–H groups in total. The SMILES string of the molecule is COc1ccc(O)c(-c2nc(SCC(O)O)n[nH]2)c1. The van der Waals surface area contributed by atoms with Crippen molar-refractivity contribution in [2.75, 3.05) is 12.9 Å². The Labute approximate surface area is 113 Å². The minimum atomic E-state index is -1.42. The van der Waals surface area contributed by atoms with E-state index in [4.69, 9.17) is 14.9 Å². The second kappa shape index (κ2) is 5.91. The van der Waals surface area contributed by atoms with E-state index in [-0.39, 0.29) is 11.5 Å². The highest BCUT2D eigenvalue weighted by atomic mass is 32.2. The normalized spacial score (nSPS) is 10.9. The van der Waals surface area contributed by atoms with Gasteiger partial charge in [0.1, 0.15) is 11.5 Å². The number of ether oxygens (including phenoxy) is 1. The van der Waals surface area contributed by atoms with Gasteiger partial charge in [0.2, 0.25) is 5.16 Å². The molecule has 8 heteroatoms. The van der Waals surface area contributed by atoms with Crippen LogP contribution in [0.1, 0.15) is 0 Å². The highest BCUT2D eigenvalue weighted by Crippen LogP contribution is 2.31. The summed E-state index contributed by atoms with van der Waals surface area (Å²) in [5.41, 5.74) is 0.461. The third kappa shape index (κ3) is 3.37. The molecule has 0 saturated heterocycles. The average Bonchev–Trinajstić information content (AvgIpc) is 2.85. The molecule has 0 bridgehead atoms. The number of rotatable bonds is 5. The van der Waals surface area contributed by atoms with Crippen LogP contribution in [-0.2, 0) is 0 Å². The number of aromatic amines is 1. The zero-order valence-corrected chi connectivity index (χ0v) is 10.9. The van der Waals surface area contributed by atoms with Crippen molar-refractivity contribution >= 4 is 11.8 Å². The third-order valence-electron chi connectivity index (χ3n) is 2.29. The smallest absolute Gasteiger partial charge is 0.208 e. The van der Waals surface area contributed by atoms with Crippen LogP contribution in [0.15, 0.2) is 23.4 Å². The predicted octanol–water partition coefficient (Wildman–Crippen LogP) is 0.589. The van der Waals surface area contributed by atoms with Crippen molar-refractivity contribution in [2.45, 2.75) is 11.4 Å². The van der Waals surface area contributed by atoms with Crippen molar-refractivity contribution in [3.63, 3.8) is 0 Å². The lowest BCUT2D eigenvalue weighted by Crippen LogP contribution is -2.07. The number of nitrogens with zero attached hydrogens (tertiary/aromatic N) is 2. The van der Waals surface area contributed by atoms with Gasteiger partial charge in [0.05, 0.1) is 18.4 Å². The first-order chi connectivity index (χ1) is 9.10. The van der Waals surface area contributed by atoms with Gasteiger partial charge in [-0.2, -0.15) is 0 Å². The van der Waals surface area contributed by atoms with Gasteiger partial charge in [-0.1, -0.05) is 11.8 Å². The van der Waals surface area contributed by atoms with Crippen molar-refractivity contribution in [3.05, 3.63) is 18.2 Å². The lowest BCUT2D eigenvalue weighted by atomic mass is 10.2. The van der Waals surface area contributed by atoms with Crippen LogP contribution in [0.4, 0.5) is 0 Å². The Morgan fingerprint density at radius 2 is 2.21 bits per heavy atom. The fourth-order valence-corrected chi connectivity index (χ4v) is 1.98. The molecule has 2 rings (SSSR count). The lowest BCUT2D eigenvalue weighted by molar-refractivity contribution is -0.0186. The summed E-state index contributed by atoms with van der Waals surface area (Å²) in [5, 5.41) is 34.3. The molecule has 0 saturated carbocycles. The summed E-state index contributed by atoms with van der Waals surface area (Å²) >= 11 is 1.09. The Bertz CT molecular complexity index is 559. The van der Waals surface area contributed by atoms with Crippen LogP contribution in [0.3, 0.4) is 0 Å². The molecule has 0 aliphatic carbocycles. The number of H-pyrrole nitrogens is 1. The van der Waals surface area contributed by atoms with Crippen LogP contribution in [0.25, 0.3) is 11.4 Å². The van der Waals surface area contributed by atoms with Crippen molar-refractivity contribution in [1.29, 1.82) is 0 Å². The van der Waals surface area contributed by atoms with Gasteiger partial charge >= 0.3 is 0 Å². The molecule has 1 heterocycles. The summed E-state index contributed by atoms with van der Waals surface area (Å²) in [7, 11) is 1.53. The first-order valence-electron chi connectivity index (χ1n) is 5.39. The topological polar surface area (TPSA) is 111 Å². The molecular formula is C11H13N3O4S. The number of aromatic hydroxyl groups is 1. The highest BCUT2D eigenvalue weighted by Gasteiger charge is 2.12. The molecular weight excluding hydrogens is 270 g/mol. The molecule has 102 valence electrons. The Morgan fingerprint density at radius 1 is 1.42 bits per heavy atom. The zero-order chi connectivity index (χ0) is 13.8. The van der Waals surface area contributed by atoms with Gasteiger partial charge in [-0.3, -0.25) is 5.10 Å². The van der Waals surface area contributed by atoms with Gasteiger partial charge in [0.15, 0.2) is 12.1 Å². The molecule has 0 atom stereocenters. The molecule has 2 aromatic rings. The molecule has 0 unspecified atom stereocenters. The summed E-state index contributed by atoms with van der Waals surface area (Å²) in [5.74, 6) is 1.09. The maximum absolute atomic E-state index is 9.78. The predicted molar refractivity (Wildman–Crippen MR) is 69.0 cm³/mol. The summed E-state index contributed by atoms with van der Waals surface area (Å²) < 4.78 is 5.07. The minimum Gasteiger partial charge on any atom is -0.507 e. The van der Waals surface area contributed by atoms with Gasteiger partial charge in [-0.05, 0) is 18.2 Å². The second-order valence-corrected chi connectivity index (χ2v) is 4.63. The molecule has 19 heavy (non-hydrogen) atoms. The monoisotopic (exact) mass is 283 g/mol. The van der Waals surface area contributed by atoms with E-state index in [1.165, 1.54) is 13.2 Å². The van der Waals surface area contributed by atoms with Crippen molar-refractivity contribution in [2.24, 2.45) is 0 Å². The summed E-state index contributed by atoms with van der Waals surface area (Å²) in [6, 6.07) is 4.76. The Balaban J connectivity index is 2.22. The largest absolute Gasteiger partial charge is 0.507 e. The van der Waals surface area contributed by atoms with Gasteiger partial charge in [0.25, 0.3) is 0 Å². The van der Waals surface area contributed by atoms with E-state index >= 15 is 0 Å². The molecule has 7 nitrogen and oxygen atoms in total. The summed E-state index contributed by atoms with van der Waals surface area (Å²) in [6.45, 7) is 0. The van der Waals surface area contributed by atoms with Gasteiger partial charge < -0.3 is 20.1 Å². The number of phenolic OH excluding ortho intramolecular Hbond substituents is 1. The maximum Gasteiger partial charge on any atom is 0.208 e. The first kappa shape index (κ1) is 13.7. The Hall–Kier alpha value is -1.77. The number of aromatic nitrogens is 3. The standard InChI is InChI=1S/C11H13N3O4S/c1-18-6-2-3-8(15)7(4-6)10-12-11(14-13-10)19-5-9(16)17/h2-4,9,15-17H,5H2,1H3,(H,12,13,14). The molecule has 1 aromatic carbocycles. The lowest BCUT2D eigenvalue weighted by Gasteiger charge is -2.04. The van der Waals surface area contributed by atoms with Crippen molar-refractivity contribution in [3.8, 4) is 22.9 Å². The number of aliphatic hydroxyl groups is 2. The molecule has 0 radical (unpaired) electrons. The van der Waals surface area contributed by atoms with E-state index in [0.717, 1.165) is 11.8 Å². The fourth-order valence-electron chi connectivity index (χ4n) is 1.41. The number of nitrogens with one attached hydrogen (secondary N) is 1. The van der Waals surface area contributed by atoms with Crippen LogP contribution in [0, 0.1) is 0 Å². The van der Waals surface area contributed by atoms with Crippen LogP contribution >= 0.6 is 11.8 Å². The molecule has 0 aliphatic heterocycles.